The van der Waals surface area contributed by atoms with E-state index in [1.54, 1.807) is 18.2 Å². The molecule has 0 spiro atoms. The molecule has 20 heavy (non-hydrogen) atoms. The van der Waals surface area contributed by atoms with E-state index in [9.17, 15) is 4.79 Å². The van der Waals surface area contributed by atoms with Crippen molar-refractivity contribution in [3.05, 3.63) is 58.9 Å². The van der Waals surface area contributed by atoms with Gasteiger partial charge in [-0.2, -0.15) is 0 Å². The van der Waals surface area contributed by atoms with Crippen molar-refractivity contribution in [2.24, 2.45) is 5.92 Å². The second-order valence-electron chi connectivity index (χ2n) is 5.20. The molecule has 1 unspecified atom stereocenters. The zero-order chi connectivity index (χ0) is 14.1. The zero-order valence-electron chi connectivity index (χ0n) is 11.2. The summed E-state index contributed by atoms with van der Waals surface area (Å²) in [7, 11) is 0. The average molecular weight is 287 g/mol. The number of hydrogen-bond donors (Lipinski definition) is 0. The highest BCUT2D eigenvalue weighted by Gasteiger charge is 2.27. The zero-order valence-corrected chi connectivity index (χ0v) is 12.0. The molecule has 0 fully saturated rings. The van der Waals surface area contributed by atoms with E-state index in [1.165, 1.54) is 5.56 Å². The highest BCUT2D eigenvalue weighted by Crippen LogP contribution is 2.30. The van der Waals surface area contributed by atoms with Crippen molar-refractivity contribution in [3.8, 4) is 0 Å². The van der Waals surface area contributed by atoms with E-state index in [1.807, 2.05) is 23.1 Å². The third kappa shape index (κ3) is 2.41. The third-order valence-electron chi connectivity index (χ3n) is 3.52. The molecule has 1 aromatic carbocycles. The molecule has 0 saturated carbocycles. The number of fused-ring (bicyclic) bond motifs is 1. The molecule has 0 bridgehead atoms. The fourth-order valence-corrected chi connectivity index (χ4v) is 2.82. The van der Waals surface area contributed by atoms with Gasteiger partial charge in [0.2, 0.25) is 0 Å². The van der Waals surface area contributed by atoms with Crippen LogP contribution in [0.25, 0.3) is 0 Å². The summed E-state index contributed by atoms with van der Waals surface area (Å²) in [6.45, 7) is 2.87. The molecular weight excluding hydrogens is 272 g/mol. The number of hydrogen-bond acceptors (Lipinski definition) is 2. The minimum absolute atomic E-state index is 0.0912. The largest absolute Gasteiger partial charge is 0.306 e. The first kappa shape index (κ1) is 13.1. The lowest BCUT2D eigenvalue weighted by Crippen LogP contribution is -2.39. The lowest BCUT2D eigenvalue weighted by Gasteiger charge is -2.33. The Balaban J connectivity index is 2.00. The summed E-state index contributed by atoms with van der Waals surface area (Å²) in [6, 6.07) is 13.2. The molecule has 1 aliphatic rings. The van der Waals surface area contributed by atoms with Gasteiger partial charge in [0.05, 0.1) is 0 Å². The van der Waals surface area contributed by atoms with Crippen LogP contribution in [-0.4, -0.2) is 17.4 Å². The van der Waals surface area contributed by atoms with E-state index in [2.05, 4.69) is 18.0 Å². The highest BCUT2D eigenvalue weighted by molar-refractivity contribution is 6.29. The van der Waals surface area contributed by atoms with Gasteiger partial charge in [-0.15, -0.1) is 0 Å². The fourth-order valence-electron chi connectivity index (χ4n) is 2.65. The Kier molecular flexibility index (Phi) is 3.45. The van der Waals surface area contributed by atoms with E-state index in [4.69, 9.17) is 11.6 Å². The SMILES string of the molecule is CC1Cc2ccccc2N(C(=O)c2cccc(Cl)n2)C1. The quantitative estimate of drug-likeness (QED) is 0.751. The molecule has 2 heterocycles. The number of halogens is 1. The van der Waals surface area contributed by atoms with Gasteiger partial charge in [-0.25, -0.2) is 4.98 Å². The molecule has 3 nitrogen and oxygen atoms in total. The minimum Gasteiger partial charge on any atom is -0.306 e. The minimum atomic E-state index is -0.0912. The predicted molar refractivity (Wildman–Crippen MR) is 80.2 cm³/mol. The normalized spacial score (nSPS) is 17.7. The number of benzene rings is 1. The summed E-state index contributed by atoms with van der Waals surface area (Å²) in [5, 5.41) is 0.342. The maximum Gasteiger partial charge on any atom is 0.276 e. The first-order valence-electron chi connectivity index (χ1n) is 6.67. The topological polar surface area (TPSA) is 33.2 Å². The van der Waals surface area contributed by atoms with Crippen molar-refractivity contribution in [3.63, 3.8) is 0 Å². The van der Waals surface area contributed by atoms with Crippen molar-refractivity contribution < 1.29 is 4.79 Å². The summed E-state index contributed by atoms with van der Waals surface area (Å²) >= 11 is 5.87. The van der Waals surface area contributed by atoms with Crippen LogP contribution in [0.4, 0.5) is 5.69 Å². The van der Waals surface area contributed by atoms with Crippen LogP contribution < -0.4 is 4.90 Å². The van der Waals surface area contributed by atoms with Gasteiger partial charge in [0.1, 0.15) is 10.8 Å². The fraction of sp³-hybridized carbons (Fsp3) is 0.250. The van der Waals surface area contributed by atoms with Gasteiger partial charge < -0.3 is 4.90 Å². The second-order valence-corrected chi connectivity index (χ2v) is 5.59. The summed E-state index contributed by atoms with van der Waals surface area (Å²) < 4.78 is 0. The van der Waals surface area contributed by atoms with Crippen LogP contribution in [0.3, 0.4) is 0 Å². The lowest BCUT2D eigenvalue weighted by molar-refractivity contribution is 0.0976. The molecule has 1 atom stereocenters. The monoisotopic (exact) mass is 286 g/mol. The van der Waals surface area contributed by atoms with E-state index in [-0.39, 0.29) is 5.91 Å². The van der Waals surface area contributed by atoms with Gasteiger partial charge in [-0.05, 0) is 36.1 Å². The number of carbonyl (C=O) groups excluding carboxylic acids is 1. The van der Waals surface area contributed by atoms with Gasteiger partial charge in [0, 0.05) is 12.2 Å². The Bertz CT molecular complexity index is 656. The lowest BCUT2D eigenvalue weighted by atomic mass is 9.93. The van der Waals surface area contributed by atoms with Crippen molar-refractivity contribution in [1.82, 2.24) is 4.98 Å². The number of carbonyl (C=O) groups is 1. The van der Waals surface area contributed by atoms with Gasteiger partial charge in [0.15, 0.2) is 0 Å². The summed E-state index contributed by atoms with van der Waals surface area (Å²) in [5.41, 5.74) is 2.58. The van der Waals surface area contributed by atoms with Gasteiger partial charge >= 0.3 is 0 Å². The maximum absolute atomic E-state index is 12.7. The van der Waals surface area contributed by atoms with Crippen LogP contribution in [-0.2, 0) is 6.42 Å². The highest BCUT2D eigenvalue weighted by atomic mass is 35.5. The maximum atomic E-state index is 12.7. The van der Waals surface area contributed by atoms with E-state index >= 15 is 0 Å². The van der Waals surface area contributed by atoms with Gasteiger partial charge in [-0.3, -0.25) is 4.79 Å². The Hall–Kier alpha value is -1.87. The van der Waals surface area contributed by atoms with E-state index in [0.717, 1.165) is 12.1 Å². The predicted octanol–water partition coefficient (Wildman–Crippen LogP) is 3.57. The average Bonchev–Trinajstić information content (AvgIpc) is 2.45. The number of anilines is 1. The molecule has 0 N–H and O–H groups in total. The van der Waals surface area contributed by atoms with E-state index < -0.39 is 0 Å². The second kappa shape index (κ2) is 5.25. The standard InChI is InChI=1S/C16H15ClN2O/c1-11-9-12-5-2-3-7-14(12)19(10-11)16(20)13-6-4-8-15(17)18-13/h2-8,11H,9-10H2,1H3. The number of pyridine rings is 1. The van der Waals surface area contributed by atoms with Crippen LogP contribution in [0.5, 0.6) is 0 Å². The van der Waals surface area contributed by atoms with Crippen molar-refractivity contribution >= 4 is 23.2 Å². The Morgan fingerprint density at radius 1 is 1.25 bits per heavy atom. The summed E-state index contributed by atoms with van der Waals surface area (Å²) in [4.78, 5) is 18.6. The third-order valence-corrected chi connectivity index (χ3v) is 3.73. The van der Waals surface area contributed by atoms with E-state index in [0.29, 0.717) is 23.3 Å². The van der Waals surface area contributed by atoms with Gasteiger partial charge in [0.25, 0.3) is 5.91 Å². The molecule has 1 amide bonds. The Morgan fingerprint density at radius 3 is 2.85 bits per heavy atom. The summed E-state index contributed by atoms with van der Waals surface area (Å²) in [6.07, 6.45) is 1.00. The molecule has 102 valence electrons. The van der Waals surface area contributed by atoms with Crippen LogP contribution in [0.2, 0.25) is 5.15 Å². The summed E-state index contributed by atoms with van der Waals surface area (Å²) in [5.74, 6) is 0.347. The number of rotatable bonds is 1. The molecule has 3 rings (SSSR count). The van der Waals surface area contributed by atoms with Crippen molar-refractivity contribution in [2.45, 2.75) is 13.3 Å². The smallest absolute Gasteiger partial charge is 0.276 e. The number of amides is 1. The van der Waals surface area contributed by atoms with Crippen molar-refractivity contribution in [2.75, 3.05) is 11.4 Å². The first-order valence-corrected chi connectivity index (χ1v) is 7.05. The molecule has 4 heteroatoms. The number of nitrogens with zero attached hydrogens (tertiary/aromatic N) is 2. The molecule has 0 saturated heterocycles. The molecule has 0 radical (unpaired) electrons. The molecule has 1 aromatic heterocycles. The van der Waals surface area contributed by atoms with Crippen LogP contribution in [0, 0.1) is 5.92 Å². The Morgan fingerprint density at radius 2 is 2.05 bits per heavy atom. The molecular formula is C16H15ClN2O. The van der Waals surface area contributed by atoms with Gasteiger partial charge in [-0.1, -0.05) is 42.8 Å². The number of para-hydroxylation sites is 1. The number of aromatic nitrogens is 1. The first-order chi connectivity index (χ1) is 9.65. The van der Waals surface area contributed by atoms with Crippen LogP contribution in [0.15, 0.2) is 42.5 Å². The Labute approximate surface area is 123 Å². The molecule has 0 aliphatic carbocycles. The molecule has 1 aliphatic heterocycles. The van der Waals surface area contributed by atoms with Crippen LogP contribution in [0.1, 0.15) is 23.0 Å². The van der Waals surface area contributed by atoms with Crippen molar-refractivity contribution in [1.29, 1.82) is 0 Å². The van der Waals surface area contributed by atoms with Crippen LogP contribution >= 0.6 is 11.6 Å². The molecule has 2 aromatic rings.